The fourth-order valence-electron chi connectivity index (χ4n) is 3.57. The van der Waals surface area contributed by atoms with Gasteiger partial charge in [0.05, 0.1) is 24.1 Å². The molecule has 9 heteroatoms. The second-order valence-electron chi connectivity index (χ2n) is 6.77. The van der Waals surface area contributed by atoms with Crippen molar-refractivity contribution in [2.45, 2.75) is 33.4 Å². The average molecular weight is 393 g/mol. The maximum absolute atomic E-state index is 13.4. The van der Waals surface area contributed by atoms with Crippen molar-refractivity contribution < 1.29 is 9.53 Å². The lowest BCUT2D eigenvalue weighted by Crippen LogP contribution is -2.31. The molecule has 3 heterocycles. The van der Waals surface area contributed by atoms with E-state index in [-0.39, 0.29) is 5.91 Å². The van der Waals surface area contributed by atoms with Gasteiger partial charge in [0.25, 0.3) is 5.91 Å². The highest BCUT2D eigenvalue weighted by Gasteiger charge is 2.35. The highest BCUT2D eigenvalue weighted by Crippen LogP contribution is 2.36. The molecule has 1 amide bonds. The van der Waals surface area contributed by atoms with E-state index in [1.54, 1.807) is 23.9 Å². The van der Waals surface area contributed by atoms with Gasteiger partial charge in [0.1, 0.15) is 18.1 Å². The minimum atomic E-state index is -0.441. The Kier molecular flexibility index (Phi) is 4.79. The van der Waals surface area contributed by atoms with Gasteiger partial charge in [-0.2, -0.15) is 15.2 Å². The zero-order valence-corrected chi connectivity index (χ0v) is 16.8. The number of fused-ring (bicyclic) bond motifs is 1. The molecule has 0 saturated heterocycles. The zero-order chi connectivity index (χ0) is 20.5. The molecule has 0 spiro atoms. The standard InChI is InChI=1S/C20H23N7O2/c1-5-26-10-14(12(2)25-26)18-17(13(3)23-20-21-11-22-27(18)20)19(28)24-15-8-6-7-9-16(15)29-4/h6-11,18H,5H2,1-4H3,(H,24,28)(H,21,22,23). The molecular weight excluding hydrogens is 370 g/mol. The van der Waals surface area contributed by atoms with Crippen LogP contribution >= 0.6 is 0 Å². The molecule has 1 atom stereocenters. The van der Waals surface area contributed by atoms with Crippen molar-refractivity contribution in [3.8, 4) is 5.75 Å². The lowest BCUT2D eigenvalue weighted by molar-refractivity contribution is -0.113. The molecule has 1 unspecified atom stereocenters. The van der Waals surface area contributed by atoms with Gasteiger partial charge < -0.3 is 15.4 Å². The molecule has 9 nitrogen and oxygen atoms in total. The molecule has 29 heavy (non-hydrogen) atoms. The van der Waals surface area contributed by atoms with Crippen LogP contribution in [0.1, 0.15) is 31.1 Å². The van der Waals surface area contributed by atoms with Gasteiger partial charge in [-0.25, -0.2) is 4.68 Å². The number of nitrogens with one attached hydrogen (secondary N) is 2. The Morgan fingerprint density at radius 1 is 1.31 bits per heavy atom. The second-order valence-corrected chi connectivity index (χ2v) is 6.77. The van der Waals surface area contributed by atoms with Gasteiger partial charge in [-0.15, -0.1) is 0 Å². The van der Waals surface area contributed by atoms with Crippen molar-refractivity contribution in [2.75, 3.05) is 17.7 Å². The number of allylic oxidation sites excluding steroid dienone is 1. The van der Waals surface area contributed by atoms with Gasteiger partial charge in [0.2, 0.25) is 5.95 Å². The van der Waals surface area contributed by atoms with Crippen LogP contribution in [0.15, 0.2) is 48.1 Å². The van der Waals surface area contributed by atoms with Crippen LogP contribution in [0.4, 0.5) is 11.6 Å². The number of anilines is 2. The van der Waals surface area contributed by atoms with Crippen LogP contribution in [-0.2, 0) is 11.3 Å². The molecular formula is C20H23N7O2. The molecule has 2 N–H and O–H groups in total. The van der Waals surface area contributed by atoms with Crippen LogP contribution < -0.4 is 15.4 Å². The van der Waals surface area contributed by atoms with Gasteiger partial charge >= 0.3 is 0 Å². The summed E-state index contributed by atoms with van der Waals surface area (Å²) < 4.78 is 8.94. The molecule has 2 aromatic heterocycles. The number of aromatic nitrogens is 5. The van der Waals surface area contributed by atoms with E-state index in [0.29, 0.717) is 28.7 Å². The molecule has 0 fully saturated rings. The van der Waals surface area contributed by atoms with E-state index >= 15 is 0 Å². The summed E-state index contributed by atoms with van der Waals surface area (Å²) in [6.45, 7) is 6.56. The van der Waals surface area contributed by atoms with E-state index in [1.165, 1.54) is 6.33 Å². The Bertz CT molecular complexity index is 1100. The molecule has 3 aromatic rings. The average Bonchev–Trinajstić information content (AvgIpc) is 3.33. The monoisotopic (exact) mass is 393 g/mol. The molecule has 0 saturated carbocycles. The molecule has 4 rings (SSSR count). The maximum atomic E-state index is 13.4. The van der Waals surface area contributed by atoms with Crippen LogP contribution in [0.2, 0.25) is 0 Å². The first-order chi connectivity index (χ1) is 14.0. The third kappa shape index (κ3) is 3.24. The number of ether oxygens (including phenoxy) is 1. The summed E-state index contributed by atoms with van der Waals surface area (Å²) in [6, 6.07) is 6.87. The number of carbonyl (C=O) groups is 1. The quantitative estimate of drug-likeness (QED) is 0.692. The van der Waals surface area contributed by atoms with Gasteiger partial charge in [-0.1, -0.05) is 12.1 Å². The van der Waals surface area contributed by atoms with E-state index in [9.17, 15) is 4.79 Å². The van der Waals surface area contributed by atoms with Crippen LogP contribution in [-0.4, -0.2) is 37.6 Å². The predicted octanol–water partition coefficient (Wildman–Crippen LogP) is 2.74. The van der Waals surface area contributed by atoms with Crippen molar-refractivity contribution in [1.29, 1.82) is 0 Å². The normalized spacial score (nSPS) is 15.7. The number of benzene rings is 1. The Morgan fingerprint density at radius 2 is 2.10 bits per heavy atom. The van der Waals surface area contributed by atoms with Crippen molar-refractivity contribution in [3.05, 3.63) is 59.3 Å². The summed E-state index contributed by atoms with van der Waals surface area (Å²) >= 11 is 0. The Hall–Kier alpha value is -3.62. The van der Waals surface area contributed by atoms with Gasteiger partial charge in [-0.05, 0) is 32.9 Å². The maximum Gasteiger partial charge on any atom is 0.255 e. The first-order valence-electron chi connectivity index (χ1n) is 9.39. The van der Waals surface area contributed by atoms with E-state index in [4.69, 9.17) is 4.74 Å². The molecule has 1 aromatic carbocycles. The van der Waals surface area contributed by atoms with Gasteiger partial charge in [0, 0.05) is 24.0 Å². The summed E-state index contributed by atoms with van der Waals surface area (Å²) in [5.41, 5.74) is 3.61. The number of carbonyl (C=O) groups excluding carboxylic acids is 1. The van der Waals surface area contributed by atoms with E-state index in [1.807, 2.05) is 43.8 Å². The number of hydrogen-bond donors (Lipinski definition) is 2. The number of methoxy groups -OCH3 is 1. The number of aryl methyl sites for hydroxylation is 2. The fourth-order valence-corrected chi connectivity index (χ4v) is 3.57. The van der Waals surface area contributed by atoms with Crippen LogP contribution in [0.25, 0.3) is 0 Å². The molecule has 150 valence electrons. The summed E-state index contributed by atoms with van der Waals surface area (Å²) in [7, 11) is 1.57. The summed E-state index contributed by atoms with van der Waals surface area (Å²) in [5, 5.41) is 15.1. The smallest absolute Gasteiger partial charge is 0.255 e. The number of hydrogen-bond acceptors (Lipinski definition) is 6. The third-order valence-electron chi connectivity index (χ3n) is 5.00. The van der Waals surface area contributed by atoms with Gasteiger partial charge in [-0.3, -0.25) is 9.48 Å². The van der Waals surface area contributed by atoms with E-state index in [2.05, 4.69) is 25.8 Å². The Labute approximate surface area is 168 Å². The fraction of sp³-hybridized carbons (Fsp3) is 0.300. The molecule has 0 bridgehead atoms. The van der Waals surface area contributed by atoms with Crippen molar-refractivity contribution >= 4 is 17.5 Å². The second kappa shape index (κ2) is 7.42. The van der Waals surface area contributed by atoms with Crippen molar-refractivity contribution in [3.63, 3.8) is 0 Å². The highest BCUT2D eigenvalue weighted by atomic mass is 16.5. The SMILES string of the molecule is CCn1cc(C2C(C(=O)Nc3ccccc3OC)=C(C)Nc3ncnn32)c(C)n1. The first kappa shape index (κ1) is 18.7. The number of amides is 1. The largest absolute Gasteiger partial charge is 0.495 e. The van der Waals surface area contributed by atoms with Crippen molar-refractivity contribution in [2.24, 2.45) is 0 Å². The van der Waals surface area contributed by atoms with E-state index < -0.39 is 6.04 Å². The Morgan fingerprint density at radius 3 is 2.83 bits per heavy atom. The minimum Gasteiger partial charge on any atom is -0.495 e. The number of nitrogens with zero attached hydrogens (tertiary/aromatic N) is 5. The third-order valence-corrected chi connectivity index (χ3v) is 5.00. The molecule has 1 aliphatic rings. The van der Waals surface area contributed by atoms with Crippen LogP contribution in [0.3, 0.4) is 0 Å². The predicted molar refractivity (Wildman–Crippen MR) is 109 cm³/mol. The van der Waals surface area contributed by atoms with E-state index in [0.717, 1.165) is 17.8 Å². The molecule has 1 aliphatic heterocycles. The molecule has 0 aliphatic carbocycles. The first-order valence-corrected chi connectivity index (χ1v) is 9.39. The van der Waals surface area contributed by atoms with Gasteiger partial charge in [0.15, 0.2) is 0 Å². The summed E-state index contributed by atoms with van der Waals surface area (Å²) in [6.07, 6.45) is 3.43. The zero-order valence-electron chi connectivity index (χ0n) is 16.8. The lowest BCUT2D eigenvalue weighted by atomic mass is 9.95. The summed E-state index contributed by atoms with van der Waals surface area (Å²) in [5.74, 6) is 0.940. The van der Waals surface area contributed by atoms with Crippen molar-refractivity contribution in [1.82, 2.24) is 24.5 Å². The summed E-state index contributed by atoms with van der Waals surface area (Å²) in [4.78, 5) is 17.7. The highest BCUT2D eigenvalue weighted by molar-refractivity contribution is 6.06. The minimum absolute atomic E-state index is 0.241. The van der Waals surface area contributed by atoms with Crippen LogP contribution in [0.5, 0.6) is 5.75 Å². The molecule has 0 radical (unpaired) electrons. The number of para-hydroxylation sites is 2. The topological polar surface area (TPSA) is 98.9 Å². The van der Waals surface area contributed by atoms with Crippen LogP contribution in [0, 0.1) is 6.92 Å². The number of rotatable bonds is 5. The Balaban J connectivity index is 1.78. The lowest BCUT2D eigenvalue weighted by Gasteiger charge is -2.28.